The molecule has 7 heteroatoms. The zero-order valence-corrected chi connectivity index (χ0v) is 17.6. The molecule has 0 aliphatic rings. The normalized spacial score (nSPS) is 11.4. The molecule has 0 bridgehead atoms. The van der Waals surface area contributed by atoms with Gasteiger partial charge in [-0.1, -0.05) is 18.2 Å². The van der Waals surface area contributed by atoms with E-state index in [1.807, 2.05) is 24.4 Å². The highest BCUT2D eigenvalue weighted by atomic mass is 127. The van der Waals surface area contributed by atoms with E-state index in [2.05, 4.69) is 46.6 Å². The second-order valence-electron chi connectivity index (χ2n) is 5.49. The van der Waals surface area contributed by atoms with Crippen LogP contribution in [0.3, 0.4) is 0 Å². The largest absolute Gasteiger partial charge is 0.461 e. The molecule has 0 radical (unpaired) electrons. The van der Waals surface area contributed by atoms with E-state index in [0.717, 1.165) is 47.2 Å². The molecule has 3 aromatic rings. The summed E-state index contributed by atoms with van der Waals surface area (Å²) in [7, 11) is 0. The van der Waals surface area contributed by atoms with E-state index in [4.69, 9.17) is 4.42 Å². The number of aryl methyl sites for hydroxylation is 1. The zero-order valence-electron chi connectivity index (χ0n) is 14.4. The fraction of sp³-hybridized carbons (Fsp3) is 0.333. The van der Waals surface area contributed by atoms with Gasteiger partial charge in [-0.05, 0) is 26.0 Å². The van der Waals surface area contributed by atoms with E-state index in [1.165, 1.54) is 4.88 Å². The van der Waals surface area contributed by atoms with Gasteiger partial charge in [-0.25, -0.2) is 9.98 Å². The second-order valence-corrected chi connectivity index (χ2v) is 6.81. The molecule has 0 saturated carbocycles. The minimum atomic E-state index is 0. The number of rotatable bonds is 6. The first-order valence-electron chi connectivity index (χ1n) is 8.15. The topological polar surface area (TPSA) is 62.5 Å². The van der Waals surface area contributed by atoms with Gasteiger partial charge in [-0.15, -0.1) is 35.3 Å². The molecular weight excluding hydrogens is 447 g/mol. The summed E-state index contributed by atoms with van der Waals surface area (Å²) in [6.45, 7) is 6.31. The van der Waals surface area contributed by atoms with Crippen molar-refractivity contribution in [1.82, 2.24) is 15.6 Å². The Morgan fingerprint density at radius 2 is 2.12 bits per heavy atom. The van der Waals surface area contributed by atoms with Crippen molar-refractivity contribution in [3.8, 4) is 0 Å². The molecule has 0 aliphatic carbocycles. The van der Waals surface area contributed by atoms with Gasteiger partial charge in [0.05, 0.1) is 6.54 Å². The Labute approximate surface area is 169 Å². The summed E-state index contributed by atoms with van der Waals surface area (Å²) < 4.78 is 5.83. The van der Waals surface area contributed by atoms with E-state index >= 15 is 0 Å². The Bertz CT molecular complexity index is 794. The summed E-state index contributed by atoms with van der Waals surface area (Å²) in [6.07, 6.45) is 2.70. The van der Waals surface area contributed by atoms with Crippen molar-refractivity contribution in [2.75, 3.05) is 13.1 Å². The number of para-hydroxylation sites is 1. The Morgan fingerprint density at radius 3 is 2.84 bits per heavy atom. The molecular formula is C18H23IN4OS. The SMILES string of the molecule is CCNC(=NCc1ncc(C)s1)NCCc1cc2ccccc2o1.I. The number of aliphatic imine (C=N–C) groups is 1. The lowest BCUT2D eigenvalue weighted by Gasteiger charge is -2.10. The van der Waals surface area contributed by atoms with Crippen molar-refractivity contribution in [3.63, 3.8) is 0 Å². The fourth-order valence-corrected chi connectivity index (χ4v) is 3.14. The maximum Gasteiger partial charge on any atom is 0.191 e. The van der Waals surface area contributed by atoms with E-state index < -0.39 is 0 Å². The lowest BCUT2D eigenvalue weighted by atomic mass is 10.2. The number of hydrogen-bond acceptors (Lipinski definition) is 4. The van der Waals surface area contributed by atoms with E-state index in [-0.39, 0.29) is 24.0 Å². The molecule has 0 saturated heterocycles. The predicted octanol–water partition coefficient (Wildman–Crippen LogP) is 4.11. The summed E-state index contributed by atoms with van der Waals surface area (Å²) in [5, 5.41) is 8.78. The van der Waals surface area contributed by atoms with Crippen LogP contribution in [0.4, 0.5) is 0 Å². The molecule has 25 heavy (non-hydrogen) atoms. The van der Waals surface area contributed by atoms with Crippen LogP contribution in [0.15, 0.2) is 45.9 Å². The Morgan fingerprint density at radius 1 is 1.28 bits per heavy atom. The molecule has 0 spiro atoms. The van der Waals surface area contributed by atoms with Gasteiger partial charge in [-0.3, -0.25) is 0 Å². The lowest BCUT2D eigenvalue weighted by molar-refractivity contribution is 0.544. The molecule has 0 fully saturated rings. The number of halogens is 1. The molecule has 5 nitrogen and oxygen atoms in total. The van der Waals surface area contributed by atoms with Crippen LogP contribution < -0.4 is 10.6 Å². The number of nitrogens with one attached hydrogen (secondary N) is 2. The highest BCUT2D eigenvalue weighted by Gasteiger charge is 2.04. The summed E-state index contributed by atoms with van der Waals surface area (Å²) in [4.78, 5) is 10.1. The molecule has 3 rings (SSSR count). The first kappa shape index (κ1) is 19.7. The molecule has 0 aliphatic heterocycles. The number of furan rings is 1. The zero-order chi connectivity index (χ0) is 16.8. The van der Waals surface area contributed by atoms with Crippen LogP contribution >= 0.6 is 35.3 Å². The van der Waals surface area contributed by atoms with E-state index in [1.54, 1.807) is 11.3 Å². The summed E-state index contributed by atoms with van der Waals surface area (Å²) in [5.41, 5.74) is 0.937. The van der Waals surface area contributed by atoms with Gasteiger partial charge in [0.25, 0.3) is 0 Å². The standard InChI is InChI=1S/C18H22N4OS.HI/c1-3-19-18(22-12-17-21-11-13(2)24-17)20-9-8-15-10-14-6-4-5-7-16(14)23-15;/h4-7,10-11H,3,8-9,12H2,1-2H3,(H2,19,20,22);1H. The number of guanidine groups is 1. The Balaban J connectivity index is 0.00000225. The fourth-order valence-electron chi connectivity index (χ4n) is 2.43. The van der Waals surface area contributed by atoms with Crippen LogP contribution in [0.25, 0.3) is 11.0 Å². The first-order chi connectivity index (χ1) is 11.7. The van der Waals surface area contributed by atoms with Crippen LogP contribution in [0.5, 0.6) is 0 Å². The molecule has 0 atom stereocenters. The van der Waals surface area contributed by atoms with Gasteiger partial charge in [0.15, 0.2) is 5.96 Å². The van der Waals surface area contributed by atoms with Crippen LogP contribution in [-0.2, 0) is 13.0 Å². The monoisotopic (exact) mass is 470 g/mol. The molecule has 0 unspecified atom stereocenters. The van der Waals surface area contributed by atoms with Crippen LogP contribution in [0.2, 0.25) is 0 Å². The van der Waals surface area contributed by atoms with Gasteiger partial charge < -0.3 is 15.1 Å². The van der Waals surface area contributed by atoms with Crippen LogP contribution in [0.1, 0.15) is 22.6 Å². The molecule has 1 aromatic carbocycles. The number of fused-ring (bicyclic) bond motifs is 1. The quantitative estimate of drug-likeness (QED) is 0.324. The maximum atomic E-state index is 5.83. The summed E-state index contributed by atoms with van der Waals surface area (Å²) in [5.74, 6) is 1.79. The molecule has 2 N–H and O–H groups in total. The number of benzene rings is 1. The van der Waals surface area contributed by atoms with Gasteiger partial charge in [0, 0.05) is 36.0 Å². The van der Waals surface area contributed by atoms with E-state index in [0.29, 0.717) is 6.54 Å². The highest BCUT2D eigenvalue weighted by Crippen LogP contribution is 2.18. The van der Waals surface area contributed by atoms with Crippen molar-refractivity contribution < 1.29 is 4.42 Å². The molecule has 2 heterocycles. The summed E-state index contributed by atoms with van der Waals surface area (Å²) in [6, 6.07) is 10.2. The minimum Gasteiger partial charge on any atom is -0.461 e. The third-order valence-corrected chi connectivity index (χ3v) is 4.42. The van der Waals surface area contributed by atoms with Crippen LogP contribution in [0, 0.1) is 6.92 Å². The first-order valence-corrected chi connectivity index (χ1v) is 8.97. The number of aromatic nitrogens is 1. The molecule has 0 amide bonds. The molecule has 2 aromatic heterocycles. The number of hydrogen-bond donors (Lipinski definition) is 2. The molecule has 134 valence electrons. The lowest BCUT2D eigenvalue weighted by Crippen LogP contribution is -2.38. The number of thiazole rings is 1. The average molecular weight is 470 g/mol. The van der Waals surface area contributed by atoms with Crippen molar-refractivity contribution in [1.29, 1.82) is 0 Å². The van der Waals surface area contributed by atoms with Gasteiger partial charge in [0.2, 0.25) is 0 Å². The van der Waals surface area contributed by atoms with Crippen molar-refractivity contribution in [2.45, 2.75) is 26.8 Å². The minimum absolute atomic E-state index is 0. The third kappa shape index (κ3) is 5.71. The number of nitrogens with zero attached hydrogens (tertiary/aromatic N) is 2. The van der Waals surface area contributed by atoms with Gasteiger partial charge in [-0.2, -0.15) is 0 Å². The second kappa shape index (κ2) is 9.76. The van der Waals surface area contributed by atoms with Gasteiger partial charge >= 0.3 is 0 Å². The van der Waals surface area contributed by atoms with Gasteiger partial charge in [0.1, 0.15) is 16.4 Å². The maximum absolute atomic E-state index is 5.83. The Kier molecular flexibility index (Phi) is 7.70. The van der Waals surface area contributed by atoms with Crippen molar-refractivity contribution in [2.24, 2.45) is 4.99 Å². The predicted molar refractivity (Wildman–Crippen MR) is 115 cm³/mol. The Hall–Kier alpha value is -1.61. The van der Waals surface area contributed by atoms with Crippen molar-refractivity contribution in [3.05, 3.63) is 52.2 Å². The van der Waals surface area contributed by atoms with E-state index in [9.17, 15) is 0 Å². The van der Waals surface area contributed by atoms with Crippen LogP contribution in [-0.4, -0.2) is 24.0 Å². The smallest absolute Gasteiger partial charge is 0.191 e. The van der Waals surface area contributed by atoms with Crippen molar-refractivity contribution >= 4 is 52.2 Å². The highest BCUT2D eigenvalue weighted by molar-refractivity contribution is 14.0. The average Bonchev–Trinajstić information content (AvgIpc) is 3.18. The summed E-state index contributed by atoms with van der Waals surface area (Å²) >= 11 is 1.68. The third-order valence-electron chi connectivity index (χ3n) is 3.53.